The lowest BCUT2D eigenvalue weighted by Crippen LogP contribution is -1.96. The Morgan fingerprint density at radius 3 is 2.20 bits per heavy atom. The minimum atomic E-state index is 0.560. The molecular formula is C25H32. The molecule has 0 nitrogen and oxygen atoms in total. The van der Waals surface area contributed by atoms with Crippen molar-refractivity contribution in [3.63, 3.8) is 0 Å². The Bertz CT molecular complexity index is 748. The second kappa shape index (κ2) is 7.60. The highest BCUT2D eigenvalue weighted by Crippen LogP contribution is 2.37. The van der Waals surface area contributed by atoms with Crippen LogP contribution in [0.15, 0.2) is 42.0 Å². The molecule has 0 N–H and O–H groups in total. The molecule has 1 aliphatic carbocycles. The maximum Gasteiger partial charge on any atom is -0.00576 e. The topological polar surface area (TPSA) is 0 Å². The summed E-state index contributed by atoms with van der Waals surface area (Å²) in [6.07, 6.45) is 7.43. The van der Waals surface area contributed by atoms with Crippen LogP contribution in [0.5, 0.6) is 0 Å². The summed E-state index contributed by atoms with van der Waals surface area (Å²) in [6, 6.07) is 14.1. The van der Waals surface area contributed by atoms with E-state index in [9.17, 15) is 0 Å². The standard InChI is InChI=1S/C25H32/c1-6-7-9-19-12-20-10-8-11-24(25(20)13-19)23-15-21(17(2)3)14-22(16-23)18(4)5/h8,10-11,13-18H,6-7,9,12H2,1-5H3. The molecule has 0 fully saturated rings. The third kappa shape index (κ3) is 3.89. The van der Waals surface area contributed by atoms with E-state index < -0.39 is 0 Å². The Balaban J connectivity index is 2.07. The highest BCUT2D eigenvalue weighted by Gasteiger charge is 2.17. The maximum atomic E-state index is 2.47. The van der Waals surface area contributed by atoms with Crippen LogP contribution in [0.3, 0.4) is 0 Å². The minimum absolute atomic E-state index is 0.560. The fourth-order valence-electron chi connectivity index (χ4n) is 3.75. The molecule has 25 heavy (non-hydrogen) atoms. The lowest BCUT2D eigenvalue weighted by Gasteiger charge is -2.16. The van der Waals surface area contributed by atoms with Gasteiger partial charge in [-0.25, -0.2) is 0 Å². The molecule has 2 aromatic carbocycles. The van der Waals surface area contributed by atoms with Gasteiger partial charge in [0.2, 0.25) is 0 Å². The molecule has 0 heteroatoms. The summed E-state index contributed by atoms with van der Waals surface area (Å²) in [5.41, 5.74) is 10.3. The van der Waals surface area contributed by atoms with E-state index in [1.807, 2.05) is 0 Å². The van der Waals surface area contributed by atoms with Crippen molar-refractivity contribution >= 4 is 6.08 Å². The third-order valence-electron chi connectivity index (χ3n) is 5.44. The molecule has 0 saturated heterocycles. The fraction of sp³-hybridized carbons (Fsp3) is 0.440. The Kier molecular flexibility index (Phi) is 5.47. The van der Waals surface area contributed by atoms with Gasteiger partial charge < -0.3 is 0 Å². The summed E-state index contributed by atoms with van der Waals surface area (Å²) in [4.78, 5) is 0. The molecule has 0 atom stereocenters. The van der Waals surface area contributed by atoms with Gasteiger partial charge >= 0.3 is 0 Å². The van der Waals surface area contributed by atoms with E-state index in [1.165, 1.54) is 52.6 Å². The summed E-state index contributed by atoms with van der Waals surface area (Å²) in [5.74, 6) is 1.12. The summed E-state index contributed by atoms with van der Waals surface area (Å²) in [5, 5.41) is 0. The molecule has 0 spiro atoms. The zero-order valence-corrected chi connectivity index (χ0v) is 16.5. The van der Waals surface area contributed by atoms with Crippen molar-refractivity contribution in [2.24, 2.45) is 0 Å². The quantitative estimate of drug-likeness (QED) is 0.507. The second-order valence-electron chi connectivity index (χ2n) is 8.16. The van der Waals surface area contributed by atoms with Gasteiger partial charge in [-0.05, 0) is 64.5 Å². The van der Waals surface area contributed by atoms with Crippen molar-refractivity contribution in [1.29, 1.82) is 0 Å². The summed E-state index contributed by atoms with van der Waals surface area (Å²) >= 11 is 0. The van der Waals surface area contributed by atoms with Crippen LogP contribution >= 0.6 is 0 Å². The largest absolute Gasteiger partial charge is 0.0654 e. The van der Waals surface area contributed by atoms with Gasteiger partial charge in [-0.15, -0.1) is 0 Å². The van der Waals surface area contributed by atoms with Crippen molar-refractivity contribution < 1.29 is 0 Å². The van der Waals surface area contributed by atoms with Crippen molar-refractivity contribution in [1.82, 2.24) is 0 Å². The van der Waals surface area contributed by atoms with E-state index in [-0.39, 0.29) is 0 Å². The number of benzene rings is 2. The molecule has 0 unspecified atom stereocenters. The van der Waals surface area contributed by atoms with Gasteiger partial charge in [0.1, 0.15) is 0 Å². The molecular weight excluding hydrogens is 300 g/mol. The van der Waals surface area contributed by atoms with Gasteiger partial charge in [-0.3, -0.25) is 0 Å². The van der Waals surface area contributed by atoms with E-state index in [4.69, 9.17) is 0 Å². The molecule has 0 aliphatic heterocycles. The first-order valence-electron chi connectivity index (χ1n) is 9.96. The van der Waals surface area contributed by atoms with E-state index in [2.05, 4.69) is 77.1 Å². The molecule has 0 saturated carbocycles. The molecule has 0 radical (unpaired) electrons. The first-order valence-corrected chi connectivity index (χ1v) is 9.96. The Hall–Kier alpha value is -1.82. The third-order valence-corrected chi connectivity index (χ3v) is 5.44. The smallest absolute Gasteiger partial charge is 0.00576 e. The van der Waals surface area contributed by atoms with Crippen LogP contribution in [0, 0.1) is 0 Å². The molecule has 0 bridgehead atoms. The highest BCUT2D eigenvalue weighted by atomic mass is 14.2. The van der Waals surface area contributed by atoms with E-state index in [1.54, 1.807) is 5.57 Å². The summed E-state index contributed by atoms with van der Waals surface area (Å²) < 4.78 is 0. The van der Waals surface area contributed by atoms with Crippen LogP contribution in [0.2, 0.25) is 0 Å². The molecule has 0 amide bonds. The molecule has 132 valence electrons. The first-order chi connectivity index (χ1) is 12.0. The lowest BCUT2D eigenvalue weighted by molar-refractivity contribution is 0.779. The van der Waals surface area contributed by atoms with Crippen LogP contribution in [-0.4, -0.2) is 0 Å². The molecule has 3 rings (SSSR count). The van der Waals surface area contributed by atoms with Crippen molar-refractivity contribution in [2.75, 3.05) is 0 Å². The molecule has 1 aliphatic rings. The van der Waals surface area contributed by atoms with Gasteiger partial charge in [-0.2, -0.15) is 0 Å². The van der Waals surface area contributed by atoms with Crippen molar-refractivity contribution in [3.8, 4) is 11.1 Å². The number of rotatable bonds is 6. The minimum Gasteiger partial charge on any atom is -0.0654 e. The van der Waals surface area contributed by atoms with Crippen molar-refractivity contribution in [3.05, 3.63) is 64.2 Å². The lowest BCUT2D eigenvalue weighted by atomic mass is 9.89. The monoisotopic (exact) mass is 332 g/mol. The Labute approximate surface area is 154 Å². The predicted octanol–water partition coefficient (Wildman–Crippen LogP) is 7.73. The van der Waals surface area contributed by atoms with Crippen LogP contribution in [0.4, 0.5) is 0 Å². The fourth-order valence-corrected chi connectivity index (χ4v) is 3.75. The van der Waals surface area contributed by atoms with Crippen LogP contribution < -0.4 is 0 Å². The van der Waals surface area contributed by atoms with Gasteiger partial charge in [0.25, 0.3) is 0 Å². The van der Waals surface area contributed by atoms with Gasteiger partial charge in [0.15, 0.2) is 0 Å². The van der Waals surface area contributed by atoms with E-state index in [0.29, 0.717) is 11.8 Å². The predicted molar refractivity (Wildman–Crippen MR) is 111 cm³/mol. The normalized spacial score (nSPS) is 13.5. The van der Waals surface area contributed by atoms with Gasteiger partial charge in [0.05, 0.1) is 0 Å². The molecule has 0 aromatic heterocycles. The molecule has 2 aromatic rings. The van der Waals surface area contributed by atoms with E-state index in [0.717, 1.165) is 6.42 Å². The molecule has 0 heterocycles. The Morgan fingerprint density at radius 2 is 1.60 bits per heavy atom. The highest BCUT2D eigenvalue weighted by molar-refractivity contribution is 5.81. The van der Waals surface area contributed by atoms with Crippen LogP contribution in [0.25, 0.3) is 17.2 Å². The zero-order valence-electron chi connectivity index (χ0n) is 16.5. The van der Waals surface area contributed by atoms with E-state index >= 15 is 0 Å². The van der Waals surface area contributed by atoms with Crippen LogP contribution in [0.1, 0.15) is 88.0 Å². The second-order valence-corrected chi connectivity index (χ2v) is 8.16. The van der Waals surface area contributed by atoms with Crippen molar-refractivity contribution in [2.45, 2.75) is 72.1 Å². The SMILES string of the molecule is CCCCC1=Cc2c(cccc2-c2cc(C(C)C)cc(C(C)C)c2)C1. The average Bonchev–Trinajstić information content (AvgIpc) is 3.02. The summed E-state index contributed by atoms with van der Waals surface area (Å²) in [6.45, 7) is 11.4. The summed E-state index contributed by atoms with van der Waals surface area (Å²) in [7, 11) is 0. The van der Waals surface area contributed by atoms with Crippen LogP contribution in [-0.2, 0) is 6.42 Å². The zero-order chi connectivity index (χ0) is 18.0. The number of fused-ring (bicyclic) bond motifs is 1. The maximum absolute atomic E-state index is 2.47. The number of hydrogen-bond donors (Lipinski definition) is 0. The average molecular weight is 333 g/mol. The Morgan fingerprint density at radius 1 is 0.920 bits per heavy atom. The van der Waals surface area contributed by atoms with Gasteiger partial charge in [-0.1, -0.05) is 89.1 Å². The number of unbranched alkanes of at least 4 members (excludes halogenated alkanes) is 1. The number of hydrogen-bond acceptors (Lipinski definition) is 0. The first kappa shape index (κ1) is 18.0. The van der Waals surface area contributed by atoms with Gasteiger partial charge in [0, 0.05) is 0 Å². The number of allylic oxidation sites excluding steroid dienone is 1.